The Hall–Kier alpha value is -3.94. The van der Waals surface area contributed by atoms with Gasteiger partial charge in [-0.2, -0.15) is 0 Å². The molecule has 0 atom stereocenters. The molecule has 0 spiro atoms. The molecule has 4 aromatic rings. The minimum atomic E-state index is -0.846. The number of H-pyrrole nitrogens is 1. The molecule has 0 aliphatic heterocycles. The molecule has 0 bridgehead atoms. The van der Waals surface area contributed by atoms with Crippen LogP contribution in [0.2, 0.25) is 0 Å². The third-order valence-corrected chi connectivity index (χ3v) is 4.88. The summed E-state index contributed by atoms with van der Waals surface area (Å²) in [5.41, 5.74) is 1.89. The van der Waals surface area contributed by atoms with Crippen LogP contribution in [0.15, 0.2) is 59.7 Å². The van der Waals surface area contributed by atoms with Crippen molar-refractivity contribution in [3.05, 3.63) is 76.8 Å². The lowest BCUT2D eigenvalue weighted by Crippen LogP contribution is -2.16. The molecule has 0 unspecified atom stereocenters. The van der Waals surface area contributed by atoms with E-state index in [0.717, 1.165) is 12.1 Å². The van der Waals surface area contributed by atoms with Crippen molar-refractivity contribution in [3.8, 4) is 22.6 Å². The van der Waals surface area contributed by atoms with Crippen LogP contribution in [0.1, 0.15) is 13.3 Å². The van der Waals surface area contributed by atoms with Crippen molar-refractivity contribution in [1.82, 2.24) is 9.55 Å². The molecule has 2 heterocycles. The number of nitrogens with one attached hydrogen (secondary N) is 2. The van der Waals surface area contributed by atoms with Crippen LogP contribution in [0.4, 0.5) is 14.5 Å². The molecule has 0 radical (unpaired) electrons. The highest BCUT2D eigenvalue weighted by molar-refractivity contribution is 5.98. The first kappa shape index (κ1) is 20.3. The molecule has 2 aromatic carbocycles. The zero-order valence-corrected chi connectivity index (χ0v) is 16.8. The summed E-state index contributed by atoms with van der Waals surface area (Å²) in [7, 11) is 1.62. The van der Waals surface area contributed by atoms with Crippen molar-refractivity contribution in [2.24, 2.45) is 7.05 Å². The molecule has 2 aromatic heterocycles. The maximum atomic E-state index is 14.2. The SMILES string of the molecule is CCC(=O)Nc1ccc(Oc2ccc(F)cc2F)c(-c2cn(C)c(=O)c3[nH]ccc23)c1. The fraction of sp³-hybridized carbons (Fsp3) is 0.130. The number of ether oxygens (including phenoxy) is 1. The Bertz CT molecular complexity index is 1360. The highest BCUT2D eigenvalue weighted by Crippen LogP contribution is 2.38. The first-order chi connectivity index (χ1) is 14.9. The summed E-state index contributed by atoms with van der Waals surface area (Å²) >= 11 is 0. The maximum absolute atomic E-state index is 14.2. The lowest BCUT2D eigenvalue weighted by molar-refractivity contribution is -0.115. The molecule has 8 heteroatoms. The van der Waals surface area contributed by atoms with Gasteiger partial charge in [-0.1, -0.05) is 6.92 Å². The number of anilines is 1. The van der Waals surface area contributed by atoms with E-state index in [1.54, 1.807) is 50.6 Å². The minimum absolute atomic E-state index is 0.150. The van der Waals surface area contributed by atoms with E-state index in [2.05, 4.69) is 10.3 Å². The summed E-state index contributed by atoms with van der Waals surface area (Å²) in [4.78, 5) is 27.2. The third-order valence-electron chi connectivity index (χ3n) is 4.88. The second-order valence-corrected chi connectivity index (χ2v) is 7.01. The lowest BCUT2D eigenvalue weighted by Gasteiger charge is -2.16. The van der Waals surface area contributed by atoms with Crippen molar-refractivity contribution in [1.29, 1.82) is 0 Å². The number of amides is 1. The van der Waals surface area contributed by atoms with E-state index < -0.39 is 11.6 Å². The van der Waals surface area contributed by atoms with Gasteiger partial charge in [0.2, 0.25) is 5.91 Å². The molecule has 0 aliphatic rings. The molecular weight excluding hydrogens is 404 g/mol. The Morgan fingerprint density at radius 3 is 2.61 bits per heavy atom. The number of pyridine rings is 1. The Kier molecular flexibility index (Phi) is 5.29. The van der Waals surface area contributed by atoms with Gasteiger partial charge in [-0.3, -0.25) is 9.59 Å². The number of aryl methyl sites for hydroxylation is 1. The summed E-state index contributed by atoms with van der Waals surface area (Å²) < 4.78 is 34.7. The largest absolute Gasteiger partial charge is 0.454 e. The summed E-state index contributed by atoms with van der Waals surface area (Å²) in [5.74, 6) is -1.60. The molecule has 2 N–H and O–H groups in total. The number of carbonyl (C=O) groups is 1. The van der Waals surface area contributed by atoms with Crippen LogP contribution in [0.25, 0.3) is 22.0 Å². The van der Waals surface area contributed by atoms with Crippen LogP contribution in [0.5, 0.6) is 11.5 Å². The van der Waals surface area contributed by atoms with Gasteiger partial charge in [0.15, 0.2) is 11.6 Å². The normalized spacial score (nSPS) is 11.0. The smallest absolute Gasteiger partial charge is 0.274 e. The number of carbonyl (C=O) groups excluding carboxylic acids is 1. The number of aromatic amines is 1. The molecule has 0 saturated heterocycles. The number of rotatable bonds is 5. The van der Waals surface area contributed by atoms with Crippen molar-refractivity contribution in [2.45, 2.75) is 13.3 Å². The highest BCUT2D eigenvalue weighted by Gasteiger charge is 2.17. The molecule has 4 rings (SSSR count). The number of nitrogens with zero attached hydrogens (tertiary/aromatic N) is 1. The van der Waals surface area contributed by atoms with Crippen LogP contribution < -0.4 is 15.6 Å². The average Bonchev–Trinajstić information content (AvgIpc) is 3.24. The molecule has 31 heavy (non-hydrogen) atoms. The van der Waals surface area contributed by atoms with E-state index in [9.17, 15) is 18.4 Å². The number of benzene rings is 2. The first-order valence-electron chi connectivity index (χ1n) is 9.61. The molecule has 6 nitrogen and oxygen atoms in total. The van der Waals surface area contributed by atoms with Gasteiger partial charge < -0.3 is 19.6 Å². The van der Waals surface area contributed by atoms with E-state index in [-0.39, 0.29) is 23.0 Å². The van der Waals surface area contributed by atoms with Gasteiger partial charge in [-0.25, -0.2) is 8.78 Å². The fourth-order valence-electron chi connectivity index (χ4n) is 3.32. The van der Waals surface area contributed by atoms with Crippen LogP contribution in [-0.2, 0) is 11.8 Å². The summed E-state index contributed by atoms with van der Waals surface area (Å²) in [5, 5.41) is 3.43. The van der Waals surface area contributed by atoms with Crippen molar-refractivity contribution in [2.75, 3.05) is 5.32 Å². The van der Waals surface area contributed by atoms with Gasteiger partial charge >= 0.3 is 0 Å². The van der Waals surface area contributed by atoms with Gasteiger partial charge in [-0.05, 0) is 36.4 Å². The van der Waals surface area contributed by atoms with Crippen LogP contribution in [0, 0.1) is 11.6 Å². The van der Waals surface area contributed by atoms with Gasteiger partial charge in [0, 0.05) is 54.1 Å². The second kappa shape index (κ2) is 8.06. The van der Waals surface area contributed by atoms with Gasteiger partial charge in [-0.15, -0.1) is 0 Å². The van der Waals surface area contributed by atoms with E-state index in [1.807, 2.05) is 0 Å². The Balaban J connectivity index is 1.91. The predicted octanol–water partition coefficient (Wildman–Crippen LogP) is 4.95. The zero-order valence-electron chi connectivity index (χ0n) is 16.8. The summed E-state index contributed by atoms with van der Waals surface area (Å²) in [6.45, 7) is 1.74. The average molecular weight is 423 g/mol. The predicted molar refractivity (Wildman–Crippen MR) is 114 cm³/mol. The molecule has 0 saturated carbocycles. The number of aromatic nitrogens is 2. The van der Waals surface area contributed by atoms with Crippen LogP contribution in [0.3, 0.4) is 0 Å². The number of hydrogen-bond donors (Lipinski definition) is 2. The van der Waals surface area contributed by atoms with E-state index in [0.29, 0.717) is 34.1 Å². The summed E-state index contributed by atoms with van der Waals surface area (Å²) in [6, 6.07) is 9.71. The quantitative estimate of drug-likeness (QED) is 0.477. The van der Waals surface area contributed by atoms with Crippen molar-refractivity contribution < 1.29 is 18.3 Å². The van der Waals surface area contributed by atoms with Gasteiger partial charge in [0.25, 0.3) is 5.56 Å². The standard InChI is InChI=1S/C23H19F2N3O3/c1-3-21(29)27-14-5-7-19(31-20-6-4-13(24)10-18(20)25)16(11-14)17-12-28(2)23(30)22-15(17)8-9-26-22/h4-12,26H,3H2,1-2H3,(H,27,29). The van der Waals surface area contributed by atoms with Crippen LogP contribution in [-0.4, -0.2) is 15.5 Å². The third kappa shape index (κ3) is 3.92. The zero-order chi connectivity index (χ0) is 22.1. The van der Waals surface area contributed by atoms with Crippen molar-refractivity contribution in [3.63, 3.8) is 0 Å². The Morgan fingerprint density at radius 2 is 1.87 bits per heavy atom. The van der Waals surface area contributed by atoms with E-state index >= 15 is 0 Å². The summed E-state index contributed by atoms with van der Waals surface area (Å²) in [6.07, 6.45) is 3.60. The molecule has 0 aliphatic carbocycles. The number of fused-ring (bicyclic) bond motifs is 1. The Morgan fingerprint density at radius 1 is 1.10 bits per heavy atom. The van der Waals surface area contributed by atoms with Gasteiger partial charge in [0.05, 0.1) is 0 Å². The molecule has 0 fully saturated rings. The van der Waals surface area contributed by atoms with Crippen molar-refractivity contribution >= 4 is 22.5 Å². The lowest BCUT2D eigenvalue weighted by atomic mass is 10.0. The Labute approximate surface area is 176 Å². The van der Waals surface area contributed by atoms with Gasteiger partial charge in [0.1, 0.15) is 17.1 Å². The second-order valence-electron chi connectivity index (χ2n) is 7.01. The molecular formula is C23H19F2N3O3. The fourth-order valence-corrected chi connectivity index (χ4v) is 3.32. The molecule has 158 valence electrons. The van der Waals surface area contributed by atoms with Crippen LogP contribution >= 0.6 is 0 Å². The monoisotopic (exact) mass is 423 g/mol. The van der Waals surface area contributed by atoms with E-state index in [1.165, 1.54) is 10.6 Å². The first-order valence-corrected chi connectivity index (χ1v) is 9.61. The maximum Gasteiger partial charge on any atom is 0.274 e. The topological polar surface area (TPSA) is 76.1 Å². The highest BCUT2D eigenvalue weighted by atomic mass is 19.1. The minimum Gasteiger partial charge on any atom is -0.454 e. The number of hydrogen-bond acceptors (Lipinski definition) is 3. The number of halogens is 2. The van der Waals surface area contributed by atoms with E-state index in [4.69, 9.17) is 4.74 Å². The molecule has 1 amide bonds.